The average molecular weight is 228 g/mol. The molecule has 4 rings (SSSR count). The van der Waals surface area contributed by atoms with Crippen molar-refractivity contribution >= 4 is 0 Å². The minimum atomic E-state index is 0.866. The molecule has 4 unspecified atom stereocenters. The molecule has 3 aliphatic carbocycles. The van der Waals surface area contributed by atoms with Gasteiger partial charge < -0.3 is 5.32 Å². The fourth-order valence-electron chi connectivity index (χ4n) is 4.51. The van der Waals surface area contributed by atoms with Crippen LogP contribution in [0.1, 0.15) is 25.0 Å². The minimum absolute atomic E-state index is 0.866. The Morgan fingerprint density at radius 2 is 2.00 bits per heavy atom. The summed E-state index contributed by atoms with van der Waals surface area (Å²) in [6.07, 6.45) is 7.55. The molecule has 1 aromatic rings. The van der Waals surface area contributed by atoms with Crippen LogP contribution in [0.4, 0.5) is 0 Å². The van der Waals surface area contributed by atoms with Gasteiger partial charge in [0.15, 0.2) is 0 Å². The van der Waals surface area contributed by atoms with Crippen molar-refractivity contribution in [3.05, 3.63) is 30.1 Å². The van der Waals surface area contributed by atoms with Crippen LogP contribution in [-0.4, -0.2) is 17.6 Å². The Hall–Kier alpha value is -0.890. The second-order valence-electron chi connectivity index (χ2n) is 6.04. The summed E-state index contributed by atoms with van der Waals surface area (Å²) in [6.45, 7) is 1.11. The van der Waals surface area contributed by atoms with Gasteiger partial charge in [-0.15, -0.1) is 0 Å². The number of hydrogen-bond donors (Lipinski definition) is 1. The van der Waals surface area contributed by atoms with Crippen molar-refractivity contribution in [1.82, 2.24) is 10.3 Å². The van der Waals surface area contributed by atoms with Crippen molar-refractivity contribution in [1.29, 1.82) is 0 Å². The fraction of sp³-hybridized carbons (Fsp3) is 0.667. The molecule has 0 aliphatic heterocycles. The van der Waals surface area contributed by atoms with E-state index in [4.69, 9.17) is 0 Å². The van der Waals surface area contributed by atoms with Crippen LogP contribution in [0, 0.1) is 23.7 Å². The molecular formula is C15H20N2. The number of aromatic nitrogens is 1. The highest BCUT2D eigenvalue weighted by Gasteiger charge is 2.64. The Morgan fingerprint density at radius 1 is 1.18 bits per heavy atom. The molecule has 2 nitrogen and oxygen atoms in total. The van der Waals surface area contributed by atoms with E-state index in [0.717, 1.165) is 42.7 Å². The maximum absolute atomic E-state index is 4.37. The van der Waals surface area contributed by atoms with Gasteiger partial charge in [-0.2, -0.15) is 0 Å². The smallest absolute Gasteiger partial charge is 0.0416 e. The highest BCUT2D eigenvalue weighted by Crippen LogP contribution is 2.65. The highest BCUT2D eigenvalue weighted by atomic mass is 15.0. The Kier molecular flexibility index (Phi) is 2.26. The van der Waals surface area contributed by atoms with Crippen LogP contribution < -0.4 is 5.32 Å². The number of fused-ring (bicyclic) bond motifs is 5. The van der Waals surface area contributed by atoms with Crippen LogP contribution >= 0.6 is 0 Å². The molecule has 0 radical (unpaired) electrons. The van der Waals surface area contributed by atoms with Gasteiger partial charge in [0, 0.05) is 30.9 Å². The Balaban J connectivity index is 1.28. The molecule has 1 N–H and O–H groups in total. The first-order valence-corrected chi connectivity index (χ1v) is 7.07. The first-order chi connectivity index (χ1) is 8.43. The molecule has 0 aromatic carbocycles. The number of pyridine rings is 1. The zero-order valence-corrected chi connectivity index (χ0v) is 10.2. The van der Waals surface area contributed by atoms with Crippen LogP contribution in [0.3, 0.4) is 0 Å². The molecule has 3 aliphatic rings. The summed E-state index contributed by atoms with van der Waals surface area (Å²) < 4.78 is 0. The maximum Gasteiger partial charge on any atom is 0.0416 e. The van der Waals surface area contributed by atoms with Crippen molar-refractivity contribution < 1.29 is 0 Å². The van der Waals surface area contributed by atoms with E-state index in [2.05, 4.69) is 22.4 Å². The van der Waals surface area contributed by atoms with Gasteiger partial charge in [0.2, 0.25) is 0 Å². The lowest BCUT2D eigenvalue weighted by Crippen LogP contribution is -2.25. The fourth-order valence-corrected chi connectivity index (χ4v) is 4.51. The summed E-state index contributed by atoms with van der Waals surface area (Å²) in [5, 5.41) is 3.77. The Labute approximate surface area is 103 Å². The predicted molar refractivity (Wildman–Crippen MR) is 67.5 cm³/mol. The largest absolute Gasteiger partial charge is 0.313 e. The molecule has 90 valence electrons. The first kappa shape index (κ1) is 10.1. The van der Waals surface area contributed by atoms with Crippen LogP contribution in [0.2, 0.25) is 0 Å². The second kappa shape index (κ2) is 3.81. The maximum atomic E-state index is 4.37. The second-order valence-corrected chi connectivity index (χ2v) is 6.04. The molecule has 2 heteroatoms. The predicted octanol–water partition coefficient (Wildman–Crippen LogP) is 2.26. The van der Waals surface area contributed by atoms with Gasteiger partial charge in [-0.1, -0.05) is 6.07 Å². The van der Waals surface area contributed by atoms with Crippen LogP contribution in [-0.2, 0) is 6.42 Å². The standard InChI is InChI=1S/C15H20N2/c1-2-7-16-12(3-1)6-8-17-15-13-10-4-5-11(9-10)14(13)15/h1-3,7,10-11,13-15,17H,4-6,8-9H2. The quantitative estimate of drug-likeness (QED) is 0.855. The molecule has 17 heavy (non-hydrogen) atoms. The minimum Gasteiger partial charge on any atom is -0.313 e. The topological polar surface area (TPSA) is 24.9 Å². The third-order valence-electron chi connectivity index (χ3n) is 5.22. The van der Waals surface area contributed by atoms with Gasteiger partial charge in [0.05, 0.1) is 0 Å². The van der Waals surface area contributed by atoms with Crippen LogP contribution in [0.5, 0.6) is 0 Å². The SMILES string of the molecule is c1ccc(CCNC2C3C4CCC(C4)C23)nc1. The molecule has 0 spiro atoms. The highest BCUT2D eigenvalue weighted by molar-refractivity contribution is 5.17. The summed E-state index contributed by atoms with van der Waals surface area (Å²) >= 11 is 0. The Bertz CT molecular complexity index is 387. The third-order valence-corrected chi connectivity index (χ3v) is 5.22. The number of rotatable bonds is 4. The van der Waals surface area contributed by atoms with Gasteiger partial charge in [-0.25, -0.2) is 0 Å². The summed E-state index contributed by atoms with van der Waals surface area (Å²) in [6, 6.07) is 7.05. The van der Waals surface area contributed by atoms with E-state index in [1.165, 1.54) is 18.5 Å². The zero-order chi connectivity index (χ0) is 11.2. The molecular weight excluding hydrogens is 208 g/mol. The van der Waals surface area contributed by atoms with Gasteiger partial charge in [-0.3, -0.25) is 4.98 Å². The monoisotopic (exact) mass is 228 g/mol. The van der Waals surface area contributed by atoms with Gasteiger partial charge >= 0.3 is 0 Å². The first-order valence-electron chi connectivity index (χ1n) is 7.07. The molecule has 3 saturated carbocycles. The van der Waals surface area contributed by atoms with Crippen molar-refractivity contribution in [2.75, 3.05) is 6.54 Å². The van der Waals surface area contributed by atoms with E-state index in [1.807, 2.05) is 12.3 Å². The zero-order valence-electron chi connectivity index (χ0n) is 10.2. The van der Waals surface area contributed by atoms with Gasteiger partial charge in [0.25, 0.3) is 0 Å². The van der Waals surface area contributed by atoms with E-state index < -0.39 is 0 Å². The van der Waals surface area contributed by atoms with Crippen molar-refractivity contribution in [2.45, 2.75) is 31.7 Å². The van der Waals surface area contributed by atoms with Crippen molar-refractivity contribution in [3.63, 3.8) is 0 Å². The number of nitrogens with zero attached hydrogens (tertiary/aromatic N) is 1. The van der Waals surface area contributed by atoms with E-state index >= 15 is 0 Å². The summed E-state index contributed by atoms with van der Waals surface area (Å²) in [7, 11) is 0. The van der Waals surface area contributed by atoms with Crippen LogP contribution in [0.15, 0.2) is 24.4 Å². The molecule has 3 fully saturated rings. The summed E-state index contributed by atoms with van der Waals surface area (Å²) in [5.74, 6) is 4.27. The lowest BCUT2D eigenvalue weighted by Gasteiger charge is -2.10. The van der Waals surface area contributed by atoms with E-state index in [9.17, 15) is 0 Å². The molecule has 1 heterocycles. The number of nitrogens with one attached hydrogen (secondary N) is 1. The van der Waals surface area contributed by atoms with Gasteiger partial charge in [0.1, 0.15) is 0 Å². The average Bonchev–Trinajstić information content (AvgIpc) is 2.78. The lowest BCUT2D eigenvalue weighted by atomic mass is 10.0. The molecule has 0 amide bonds. The van der Waals surface area contributed by atoms with Crippen molar-refractivity contribution in [2.24, 2.45) is 23.7 Å². The summed E-state index contributed by atoms with van der Waals surface area (Å²) in [5.41, 5.74) is 1.22. The molecule has 4 atom stereocenters. The molecule has 1 aromatic heterocycles. The van der Waals surface area contributed by atoms with E-state index in [0.29, 0.717) is 0 Å². The normalized spacial score (nSPS) is 41.5. The molecule has 2 bridgehead atoms. The van der Waals surface area contributed by atoms with Gasteiger partial charge in [-0.05, 0) is 55.1 Å². The third kappa shape index (κ3) is 1.61. The lowest BCUT2D eigenvalue weighted by molar-refractivity contribution is 0.456. The van der Waals surface area contributed by atoms with E-state index in [-0.39, 0.29) is 0 Å². The number of hydrogen-bond acceptors (Lipinski definition) is 2. The Morgan fingerprint density at radius 3 is 2.71 bits per heavy atom. The van der Waals surface area contributed by atoms with Crippen LogP contribution in [0.25, 0.3) is 0 Å². The molecule has 0 saturated heterocycles. The summed E-state index contributed by atoms with van der Waals surface area (Å²) in [4.78, 5) is 4.37. The van der Waals surface area contributed by atoms with Crippen molar-refractivity contribution in [3.8, 4) is 0 Å². The van der Waals surface area contributed by atoms with E-state index in [1.54, 1.807) is 6.42 Å².